The van der Waals surface area contributed by atoms with Gasteiger partial charge in [-0.05, 0) is 40.5 Å². The lowest BCUT2D eigenvalue weighted by atomic mass is 10.0. The first-order valence-electron chi connectivity index (χ1n) is 7.12. The molecule has 1 fully saturated rings. The Labute approximate surface area is 116 Å². The normalized spacial score (nSPS) is 18.4. The molecule has 0 aromatic rings. The molecule has 0 amide bonds. The summed E-state index contributed by atoms with van der Waals surface area (Å²) in [6.45, 7) is 9.34. The summed E-state index contributed by atoms with van der Waals surface area (Å²) in [5.74, 6) is -0.244. The van der Waals surface area contributed by atoms with Gasteiger partial charge in [-0.25, -0.2) is 4.79 Å². The smallest absolute Gasteiger partial charge is 0.328 e. The standard InChI is InChI=1S/C14H27NO4/c1-5-18-13(16)14(4,15-12-6-7-12)10-17-8-9-19-11(2)3/h11-12,15H,5-10H2,1-4H3. The fourth-order valence-corrected chi connectivity index (χ4v) is 1.75. The van der Waals surface area contributed by atoms with Gasteiger partial charge in [-0.15, -0.1) is 0 Å². The van der Waals surface area contributed by atoms with Crippen molar-refractivity contribution in [3.8, 4) is 0 Å². The van der Waals surface area contributed by atoms with E-state index in [-0.39, 0.29) is 12.1 Å². The van der Waals surface area contributed by atoms with Crippen LogP contribution in [0.25, 0.3) is 0 Å². The number of esters is 1. The van der Waals surface area contributed by atoms with Crippen molar-refractivity contribution in [1.82, 2.24) is 5.32 Å². The molecule has 0 radical (unpaired) electrons. The summed E-state index contributed by atoms with van der Waals surface area (Å²) in [6, 6.07) is 0.421. The highest BCUT2D eigenvalue weighted by Gasteiger charge is 2.39. The zero-order valence-corrected chi connectivity index (χ0v) is 12.5. The van der Waals surface area contributed by atoms with Crippen molar-refractivity contribution in [2.45, 2.75) is 58.2 Å². The molecule has 0 spiro atoms. The van der Waals surface area contributed by atoms with E-state index in [0.29, 0.717) is 32.5 Å². The summed E-state index contributed by atoms with van der Waals surface area (Å²) in [7, 11) is 0. The average Bonchev–Trinajstić information content (AvgIpc) is 3.12. The minimum absolute atomic E-state index is 0.199. The van der Waals surface area contributed by atoms with Gasteiger partial charge in [0.2, 0.25) is 0 Å². The second-order valence-corrected chi connectivity index (χ2v) is 5.44. The van der Waals surface area contributed by atoms with Crippen LogP contribution < -0.4 is 5.32 Å². The van der Waals surface area contributed by atoms with Gasteiger partial charge >= 0.3 is 5.97 Å². The van der Waals surface area contributed by atoms with Crippen molar-refractivity contribution in [2.75, 3.05) is 26.4 Å². The average molecular weight is 273 g/mol. The van der Waals surface area contributed by atoms with E-state index in [2.05, 4.69) is 5.32 Å². The van der Waals surface area contributed by atoms with E-state index in [4.69, 9.17) is 14.2 Å². The number of carbonyl (C=O) groups is 1. The van der Waals surface area contributed by atoms with Gasteiger partial charge in [-0.3, -0.25) is 5.32 Å². The molecule has 0 bridgehead atoms. The van der Waals surface area contributed by atoms with E-state index in [1.54, 1.807) is 0 Å². The molecule has 0 aromatic carbocycles. The third-order valence-corrected chi connectivity index (χ3v) is 2.90. The maximum Gasteiger partial charge on any atom is 0.328 e. The lowest BCUT2D eigenvalue weighted by Crippen LogP contribution is -2.55. The summed E-state index contributed by atoms with van der Waals surface area (Å²) >= 11 is 0. The highest BCUT2D eigenvalue weighted by atomic mass is 16.5. The van der Waals surface area contributed by atoms with Crippen molar-refractivity contribution in [2.24, 2.45) is 0 Å². The molecule has 19 heavy (non-hydrogen) atoms. The van der Waals surface area contributed by atoms with Crippen molar-refractivity contribution < 1.29 is 19.0 Å². The Bertz CT molecular complexity index is 279. The lowest BCUT2D eigenvalue weighted by molar-refractivity contribution is -0.153. The molecular formula is C14H27NO4. The molecule has 1 rings (SSSR count). The van der Waals surface area contributed by atoms with Crippen LogP contribution in [0.15, 0.2) is 0 Å². The molecule has 5 heteroatoms. The van der Waals surface area contributed by atoms with Crippen LogP contribution in [0, 0.1) is 0 Å². The Morgan fingerprint density at radius 3 is 2.58 bits per heavy atom. The molecule has 1 atom stereocenters. The van der Waals surface area contributed by atoms with Crippen molar-refractivity contribution >= 4 is 5.97 Å². The molecule has 1 aliphatic rings. The number of hydrogen-bond donors (Lipinski definition) is 1. The molecule has 1 N–H and O–H groups in total. The molecule has 0 aromatic heterocycles. The van der Waals surface area contributed by atoms with Crippen LogP contribution in [0.4, 0.5) is 0 Å². The van der Waals surface area contributed by atoms with Crippen LogP contribution >= 0.6 is 0 Å². The van der Waals surface area contributed by atoms with Crippen molar-refractivity contribution in [3.63, 3.8) is 0 Å². The Balaban J connectivity index is 2.33. The summed E-state index contributed by atoms with van der Waals surface area (Å²) in [5, 5.41) is 3.31. The lowest BCUT2D eigenvalue weighted by Gasteiger charge is -2.28. The Morgan fingerprint density at radius 1 is 1.37 bits per heavy atom. The highest BCUT2D eigenvalue weighted by Crippen LogP contribution is 2.23. The third kappa shape index (κ3) is 6.36. The molecule has 0 saturated heterocycles. The topological polar surface area (TPSA) is 56.8 Å². The molecule has 1 saturated carbocycles. The fourth-order valence-electron chi connectivity index (χ4n) is 1.75. The van der Waals surface area contributed by atoms with Crippen molar-refractivity contribution in [1.29, 1.82) is 0 Å². The third-order valence-electron chi connectivity index (χ3n) is 2.90. The Morgan fingerprint density at radius 2 is 2.05 bits per heavy atom. The maximum atomic E-state index is 12.0. The number of carbonyl (C=O) groups excluding carboxylic acids is 1. The number of ether oxygens (including phenoxy) is 3. The zero-order valence-electron chi connectivity index (χ0n) is 12.5. The van der Waals surface area contributed by atoms with Crippen LogP contribution in [-0.4, -0.2) is 50.1 Å². The van der Waals surface area contributed by atoms with Gasteiger partial charge in [0.25, 0.3) is 0 Å². The predicted molar refractivity (Wildman–Crippen MR) is 73.1 cm³/mol. The van der Waals surface area contributed by atoms with Crippen LogP contribution in [0.1, 0.15) is 40.5 Å². The molecular weight excluding hydrogens is 246 g/mol. The molecule has 1 aliphatic carbocycles. The second kappa shape index (κ2) is 7.82. The van der Waals surface area contributed by atoms with E-state index in [0.717, 1.165) is 12.8 Å². The molecule has 1 unspecified atom stereocenters. The van der Waals surface area contributed by atoms with Crippen LogP contribution in [0.5, 0.6) is 0 Å². The van der Waals surface area contributed by atoms with Crippen LogP contribution in [0.2, 0.25) is 0 Å². The Hall–Kier alpha value is -0.650. The van der Waals surface area contributed by atoms with Crippen molar-refractivity contribution in [3.05, 3.63) is 0 Å². The van der Waals surface area contributed by atoms with Gasteiger partial charge in [-0.1, -0.05) is 0 Å². The fraction of sp³-hybridized carbons (Fsp3) is 0.929. The summed E-state index contributed by atoms with van der Waals surface area (Å²) in [4.78, 5) is 12.0. The van der Waals surface area contributed by atoms with Gasteiger partial charge in [-0.2, -0.15) is 0 Å². The summed E-state index contributed by atoms with van der Waals surface area (Å²) in [5.41, 5.74) is -0.755. The molecule has 0 heterocycles. The predicted octanol–water partition coefficient (Wildman–Crippen LogP) is 1.50. The first-order valence-corrected chi connectivity index (χ1v) is 7.12. The van der Waals surface area contributed by atoms with Gasteiger partial charge in [0.15, 0.2) is 0 Å². The highest BCUT2D eigenvalue weighted by molar-refractivity contribution is 5.80. The van der Waals surface area contributed by atoms with E-state index < -0.39 is 5.54 Å². The second-order valence-electron chi connectivity index (χ2n) is 5.44. The molecule has 5 nitrogen and oxygen atoms in total. The van der Waals surface area contributed by atoms with Crippen LogP contribution in [-0.2, 0) is 19.0 Å². The maximum absolute atomic E-state index is 12.0. The minimum Gasteiger partial charge on any atom is -0.465 e. The minimum atomic E-state index is -0.755. The number of rotatable bonds is 10. The largest absolute Gasteiger partial charge is 0.465 e. The first-order chi connectivity index (χ1) is 8.98. The SMILES string of the molecule is CCOC(=O)C(C)(COCCOC(C)C)NC1CC1. The van der Waals surface area contributed by atoms with Gasteiger partial charge < -0.3 is 14.2 Å². The molecule has 0 aliphatic heterocycles. The van der Waals surface area contributed by atoms with E-state index in [9.17, 15) is 4.79 Å². The van der Waals surface area contributed by atoms with Gasteiger partial charge in [0, 0.05) is 6.04 Å². The summed E-state index contributed by atoms with van der Waals surface area (Å²) in [6.07, 6.45) is 2.43. The monoisotopic (exact) mass is 273 g/mol. The van der Waals surface area contributed by atoms with Crippen LogP contribution in [0.3, 0.4) is 0 Å². The van der Waals surface area contributed by atoms with E-state index >= 15 is 0 Å². The van der Waals surface area contributed by atoms with E-state index in [1.807, 2.05) is 27.7 Å². The number of hydrogen-bond acceptors (Lipinski definition) is 5. The van der Waals surface area contributed by atoms with E-state index in [1.165, 1.54) is 0 Å². The zero-order chi connectivity index (χ0) is 14.3. The summed E-state index contributed by atoms with van der Waals surface area (Å²) < 4.78 is 16.1. The first kappa shape index (κ1) is 16.4. The Kier molecular flexibility index (Phi) is 6.75. The van der Waals surface area contributed by atoms with Gasteiger partial charge in [0.1, 0.15) is 5.54 Å². The quantitative estimate of drug-likeness (QED) is 0.483. The number of nitrogens with one attached hydrogen (secondary N) is 1. The van der Waals surface area contributed by atoms with Gasteiger partial charge in [0.05, 0.1) is 32.5 Å². The molecule has 112 valence electrons.